The minimum Gasteiger partial charge on any atom is -0.450 e. The Labute approximate surface area is 223 Å². The number of aryl methyl sites for hydroxylation is 1. The van der Waals surface area contributed by atoms with E-state index in [4.69, 9.17) is 4.74 Å². The van der Waals surface area contributed by atoms with Crippen LogP contribution in [-0.4, -0.2) is 51.2 Å². The van der Waals surface area contributed by atoms with Crippen LogP contribution in [-0.2, 0) is 24.9 Å². The van der Waals surface area contributed by atoms with Crippen molar-refractivity contribution in [3.8, 4) is 17.2 Å². The van der Waals surface area contributed by atoms with Crippen LogP contribution in [0.25, 0.3) is 21.9 Å². The number of fused-ring (bicyclic) bond motifs is 1. The highest BCUT2D eigenvalue weighted by Crippen LogP contribution is 2.32. The van der Waals surface area contributed by atoms with Crippen LogP contribution in [0.1, 0.15) is 36.6 Å². The van der Waals surface area contributed by atoms with Crippen molar-refractivity contribution in [3.05, 3.63) is 90.0 Å². The number of imidazole rings is 1. The Bertz CT molecular complexity index is 1460. The second-order valence-corrected chi connectivity index (χ2v) is 9.84. The van der Waals surface area contributed by atoms with Gasteiger partial charge in [0.1, 0.15) is 0 Å². The summed E-state index contributed by atoms with van der Waals surface area (Å²) in [6.45, 7) is 5.08. The lowest BCUT2D eigenvalue weighted by Crippen LogP contribution is -2.46. The molecule has 1 aliphatic heterocycles. The third kappa shape index (κ3) is 5.41. The van der Waals surface area contributed by atoms with Crippen molar-refractivity contribution in [1.82, 2.24) is 19.4 Å². The lowest BCUT2D eigenvalue weighted by atomic mass is 9.93. The summed E-state index contributed by atoms with van der Waals surface area (Å²) in [6.07, 6.45) is 5.28. The van der Waals surface area contributed by atoms with Gasteiger partial charge in [-0.3, -0.25) is 4.90 Å². The minimum atomic E-state index is -0.226. The van der Waals surface area contributed by atoms with Crippen molar-refractivity contribution in [1.29, 1.82) is 5.26 Å². The van der Waals surface area contributed by atoms with Crippen molar-refractivity contribution in [2.45, 2.75) is 38.9 Å². The van der Waals surface area contributed by atoms with Gasteiger partial charge < -0.3 is 14.2 Å². The van der Waals surface area contributed by atoms with Crippen LogP contribution < -0.4 is 0 Å². The molecule has 0 bridgehead atoms. The van der Waals surface area contributed by atoms with Gasteiger partial charge in [-0.2, -0.15) is 5.26 Å². The summed E-state index contributed by atoms with van der Waals surface area (Å²) in [5, 5.41) is 12.2. The molecule has 1 aromatic heterocycles. The van der Waals surface area contributed by atoms with E-state index in [-0.39, 0.29) is 6.09 Å². The van der Waals surface area contributed by atoms with Crippen molar-refractivity contribution >= 4 is 16.9 Å². The fraction of sp³-hybridized carbons (Fsp3) is 0.323. The molecule has 1 amide bonds. The van der Waals surface area contributed by atoms with Gasteiger partial charge >= 0.3 is 6.09 Å². The van der Waals surface area contributed by atoms with E-state index in [9.17, 15) is 10.1 Å². The number of rotatable bonds is 7. The first kappa shape index (κ1) is 25.5. The molecule has 0 radical (unpaired) electrons. The number of hydrogen-bond acceptors (Lipinski definition) is 5. The summed E-state index contributed by atoms with van der Waals surface area (Å²) in [5.74, 6) is 0. The average molecular weight is 508 g/mol. The monoisotopic (exact) mass is 507 g/mol. The van der Waals surface area contributed by atoms with E-state index in [1.165, 1.54) is 0 Å². The normalized spacial score (nSPS) is 14.1. The van der Waals surface area contributed by atoms with Gasteiger partial charge in [0.25, 0.3) is 0 Å². The van der Waals surface area contributed by atoms with Crippen LogP contribution in [0.4, 0.5) is 4.79 Å². The Morgan fingerprint density at radius 2 is 1.87 bits per heavy atom. The lowest BCUT2D eigenvalue weighted by molar-refractivity contribution is 0.0690. The number of ether oxygens (including phenoxy) is 1. The zero-order valence-corrected chi connectivity index (χ0v) is 22.0. The highest BCUT2D eigenvalue weighted by Gasteiger charge is 2.28. The summed E-state index contributed by atoms with van der Waals surface area (Å²) in [7, 11) is 2.02. The summed E-state index contributed by atoms with van der Waals surface area (Å²) >= 11 is 0. The second-order valence-electron chi connectivity index (χ2n) is 9.84. The first-order chi connectivity index (χ1) is 18.6. The van der Waals surface area contributed by atoms with E-state index >= 15 is 0 Å². The van der Waals surface area contributed by atoms with Gasteiger partial charge in [0, 0.05) is 51.0 Å². The third-order valence-electron chi connectivity index (χ3n) is 7.46. The van der Waals surface area contributed by atoms with E-state index in [0.717, 1.165) is 59.1 Å². The number of likely N-dealkylation sites (tertiary alicyclic amines) is 1. The predicted molar refractivity (Wildman–Crippen MR) is 148 cm³/mol. The molecule has 0 spiro atoms. The van der Waals surface area contributed by atoms with Crippen LogP contribution in [0.5, 0.6) is 0 Å². The van der Waals surface area contributed by atoms with Gasteiger partial charge in [0.05, 0.1) is 30.3 Å². The van der Waals surface area contributed by atoms with Gasteiger partial charge in [-0.25, -0.2) is 9.78 Å². The molecule has 1 aliphatic rings. The molecule has 0 aliphatic carbocycles. The molecule has 0 unspecified atom stereocenters. The highest BCUT2D eigenvalue weighted by molar-refractivity contribution is 5.97. The standard InChI is InChI=1S/C31H33N5O2/c1-3-38-31(37)35-15-13-26(14-16-35)36(21-27-19-33-22-34(27)2)20-23-11-12-25(18-32)30(17-23)29-10-6-8-24-7-4-5-9-28(24)29/h4-12,17,19,22,26H,3,13-16,20-21H2,1-2H3. The summed E-state index contributed by atoms with van der Waals surface area (Å²) in [5.41, 5.74) is 5.00. The minimum absolute atomic E-state index is 0.226. The van der Waals surface area contributed by atoms with Crippen LogP contribution in [0.2, 0.25) is 0 Å². The zero-order chi connectivity index (χ0) is 26.5. The topological polar surface area (TPSA) is 74.4 Å². The molecular formula is C31H33N5O2. The molecule has 0 saturated carbocycles. The maximum Gasteiger partial charge on any atom is 0.409 e. The Balaban J connectivity index is 1.44. The van der Waals surface area contributed by atoms with Crippen molar-refractivity contribution in [2.24, 2.45) is 7.05 Å². The van der Waals surface area contributed by atoms with E-state index < -0.39 is 0 Å². The number of nitriles is 1. The third-order valence-corrected chi connectivity index (χ3v) is 7.46. The fourth-order valence-electron chi connectivity index (χ4n) is 5.39. The summed E-state index contributed by atoms with van der Waals surface area (Å²) < 4.78 is 7.27. The molecule has 7 heteroatoms. The highest BCUT2D eigenvalue weighted by atomic mass is 16.6. The first-order valence-electron chi connectivity index (χ1n) is 13.2. The first-order valence-corrected chi connectivity index (χ1v) is 13.2. The number of nitrogens with zero attached hydrogens (tertiary/aromatic N) is 5. The number of aromatic nitrogens is 2. The molecule has 38 heavy (non-hydrogen) atoms. The average Bonchev–Trinajstić information content (AvgIpc) is 3.36. The van der Waals surface area contributed by atoms with Crippen LogP contribution in [0, 0.1) is 11.3 Å². The number of carbonyl (C=O) groups excluding carboxylic acids is 1. The van der Waals surface area contributed by atoms with Gasteiger partial charge in [0.15, 0.2) is 0 Å². The second kappa shape index (κ2) is 11.5. The van der Waals surface area contributed by atoms with E-state index in [2.05, 4.69) is 63.0 Å². The molecule has 0 N–H and O–H groups in total. The Hall–Kier alpha value is -4.15. The molecule has 7 nitrogen and oxygen atoms in total. The van der Waals surface area contributed by atoms with E-state index in [0.29, 0.717) is 31.3 Å². The number of hydrogen-bond donors (Lipinski definition) is 0. The molecule has 0 atom stereocenters. The van der Waals surface area contributed by atoms with Crippen LogP contribution in [0.15, 0.2) is 73.2 Å². The van der Waals surface area contributed by atoms with Gasteiger partial charge in [-0.05, 0) is 53.8 Å². The lowest BCUT2D eigenvalue weighted by Gasteiger charge is -2.38. The Morgan fingerprint density at radius 3 is 2.61 bits per heavy atom. The molecule has 2 heterocycles. The number of amides is 1. The maximum atomic E-state index is 12.2. The summed E-state index contributed by atoms with van der Waals surface area (Å²) in [4.78, 5) is 20.9. The van der Waals surface area contributed by atoms with Gasteiger partial charge in [0.2, 0.25) is 0 Å². The molecular weight excluding hydrogens is 474 g/mol. The van der Waals surface area contributed by atoms with Crippen LogP contribution >= 0.6 is 0 Å². The SMILES string of the molecule is CCOC(=O)N1CCC(N(Cc2ccc(C#N)c(-c3cccc4ccccc34)c2)Cc2cncn2C)CC1. The van der Waals surface area contributed by atoms with Crippen molar-refractivity contribution in [3.63, 3.8) is 0 Å². The molecule has 3 aromatic carbocycles. The number of piperidine rings is 1. The van der Waals surface area contributed by atoms with Gasteiger partial charge in [-0.1, -0.05) is 48.5 Å². The quantitative estimate of drug-likeness (QED) is 0.319. The molecule has 1 saturated heterocycles. The number of carbonyl (C=O) groups is 1. The Kier molecular flexibility index (Phi) is 7.71. The van der Waals surface area contributed by atoms with E-state index in [1.807, 2.05) is 49.6 Å². The fourth-order valence-corrected chi connectivity index (χ4v) is 5.39. The van der Waals surface area contributed by atoms with Crippen molar-refractivity contribution < 1.29 is 9.53 Å². The molecule has 194 valence electrons. The predicted octanol–water partition coefficient (Wildman–Crippen LogP) is 5.74. The smallest absolute Gasteiger partial charge is 0.409 e. The maximum absolute atomic E-state index is 12.2. The largest absolute Gasteiger partial charge is 0.450 e. The van der Waals surface area contributed by atoms with Crippen LogP contribution in [0.3, 0.4) is 0 Å². The summed E-state index contributed by atoms with van der Waals surface area (Å²) in [6, 6.07) is 23.4. The van der Waals surface area contributed by atoms with Gasteiger partial charge in [-0.15, -0.1) is 0 Å². The Morgan fingerprint density at radius 1 is 1.08 bits per heavy atom. The zero-order valence-electron chi connectivity index (χ0n) is 22.0. The van der Waals surface area contributed by atoms with E-state index in [1.54, 1.807) is 0 Å². The van der Waals surface area contributed by atoms with Crippen molar-refractivity contribution in [2.75, 3.05) is 19.7 Å². The molecule has 4 aromatic rings. The number of benzene rings is 3. The molecule has 1 fully saturated rings. The molecule has 5 rings (SSSR count).